The van der Waals surface area contributed by atoms with E-state index in [0.29, 0.717) is 5.92 Å². The zero-order valence-corrected chi connectivity index (χ0v) is 14.5. The van der Waals surface area contributed by atoms with Crippen molar-refractivity contribution in [3.05, 3.63) is 65.7 Å². The van der Waals surface area contributed by atoms with Crippen molar-refractivity contribution in [2.24, 2.45) is 11.7 Å². The lowest BCUT2D eigenvalue weighted by Gasteiger charge is -2.36. The van der Waals surface area contributed by atoms with Gasteiger partial charge < -0.3 is 15.4 Å². The molecule has 2 N–H and O–H groups in total. The first kappa shape index (κ1) is 17.0. The first-order valence-corrected chi connectivity index (χ1v) is 8.97. The first-order chi connectivity index (χ1) is 11.8. The highest BCUT2D eigenvalue weighted by atomic mass is 16.5. The van der Waals surface area contributed by atoms with Crippen molar-refractivity contribution >= 4 is 0 Å². The van der Waals surface area contributed by atoms with Crippen molar-refractivity contribution in [3.8, 4) is 5.75 Å². The van der Waals surface area contributed by atoms with E-state index >= 15 is 0 Å². The van der Waals surface area contributed by atoms with Crippen LogP contribution < -0.4 is 10.5 Å². The molecule has 128 valence electrons. The Morgan fingerprint density at radius 3 is 2.50 bits per heavy atom. The fraction of sp³-hybridized carbons (Fsp3) is 0.429. The van der Waals surface area contributed by atoms with Gasteiger partial charge in [0.05, 0.1) is 0 Å². The largest absolute Gasteiger partial charge is 0.485 e. The van der Waals surface area contributed by atoms with Crippen LogP contribution in [0.1, 0.15) is 30.1 Å². The predicted molar refractivity (Wildman–Crippen MR) is 99.2 cm³/mol. The Balaban J connectivity index is 1.76. The molecule has 24 heavy (non-hydrogen) atoms. The Labute approximate surface area is 145 Å². The molecule has 0 aliphatic carbocycles. The second kappa shape index (κ2) is 8.32. The number of benzene rings is 2. The zero-order chi connectivity index (χ0) is 16.8. The second-order valence-electron chi connectivity index (χ2n) is 6.73. The molecule has 0 bridgehead atoms. The number of ether oxygens (including phenoxy) is 1. The summed E-state index contributed by atoms with van der Waals surface area (Å²) < 4.78 is 6.47. The number of nitrogens with zero attached hydrogens (tertiary/aromatic N) is 1. The summed E-state index contributed by atoms with van der Waals surface area (Å²) in [5.74, 6) is 1.51. The smallest absolute Gasteiger partial charge is 0.127 e. The van der Waals surface area contributed by atoms with Crippen LogP contribution in [-0.2, 0) is 0 Å². The van der Waals surface area contributed by atoms with Crippen molar-refractivity contribution in [1.29, 1.82) is 0 Å². The fourth-order valence-corrected chi connectivity index (χ4v) is 3.58. The molecule has 3 nitrogen and oxygen atoms in total. The molecule has 2 aromatic carbocycles. The molecule has 1 unspecified atom stereocenters. The Kier molecular flexibility index (Phi) is 5.89. The maximum Gasteiger partial charge on any atom is 0.127 e. The Morgan fingerprint density at radius 2 is 1.83 bits per heavy atom. The Bertz CT molecular complexity index is 621. The van der Waals surface area contributed by atoms with Gasteiger partial charge in [0.1, 0.15) is 11.9 Å². The molecule has 1 fully saturated rings. The average Bonchev–Trinajstić information content (AvgIpc) is 2.62. The van der Waals surface area contributed by atoms with Gasteiger partial charge in [0.2, 0.25) is 0 Å². The maximum absolute atomic E-state index is 6.47. The highest BCUT2D eigenvalue weighted by molar-refractivity contribution is 5.29. The third-order valence-corrected chi connectivity index (χ3v) is 4.89. The van der Waals surface area contributed by atoms with Gasteiger partial charge in [0.15, 0.2) is 0 Å². The SMILES string of the molecule is Cc1cccc(OC(c2ccccc2)C2CCN(CCN)CC2)c1. The minimum Gasteiger partial charge on any atom is -0.485 e. The van der Waals surface area contributed by atoms with Gasteiger partial charge in [-0.05, 0) is 56.1 Å². The highest BCUT2D eigenvalue weighted by Crippen LogP contribution is 2.35. The molecule has 3 rings (SSSR count). The molecular formula is C21H28N2O. The monoisotopic (exact) mass is 324 g/mol. The van der Waals surface area contributed by atoms with Gasteiger partial charge in [-0.25, -0.2) is 0 Å². The van der Waals surface area contributed by atoms with Gasteiger partial charge in [-0.15, -0.1) is 0 Å². The number of hydrogen-bond acceptors (Lipinski definition) is 3. The van der Waals surface area contributed by atoms with Crippen molar-refractivity contribution in [2.75, 3.05) is 26.2 Å². The van der Waals surface area contributed by atoms with Crippen LogP contribution in [0.4, 0.5) is 0 Å². The second-order valence-corrected chi connectivity index (χ2v) is 6.73. The van der Waals surface area contributed by atoms with Crippen LogP contribution >= 0.6 is 0 Å². The number of aryl methyl sites for hydroxylation is 1. The minimum absolute atomic E-state index is 0.119. The Morgan fingerprint density at radius 1 is 1.08 bits per heavy atom. The number of rotatable bonds is 6. The quantitative estimate of drug-likeness (QED) is 0.879. The molecule has 0 radical (unpaired) electrons. The van der Waals surface area contributed by atoms with Crippen LogP contribution in [-0.4, -0.2) is 31.1 Å². The van der Waals surface area contributed by atoms with E-state index in [-0.39, 0.29) is 6.10 Å². The van der Waals surface area contributed by atoms with Gasteiger partial charge in [0.25, 0.3) is 0 Å². The lowest BCUT2D eigenvalue weighted by atomic mass is 9.87. The number of hydrogen-bond donors (Lipinski definition) is 1. The van der Waals surface area contributed by atoms with Crippen molar-refractivity contribution in [1.82, 2.24) is 4.90 Å². The van der Waals surface area contributed by atoms with E-state index in [1.807, 2.05) is 0 Å². The van der Waals surface area contributed by atoms with Crippen LogP contribution in [0, 0.1) is 12.8 Å². The summed E-state index contributed by atoms with van der Waals surface area (Å²) in [6.07, 6.45) is 2.43. The summed E-state index contributed by atoms with van der Waals surface area (Å²) in [5, 5.41) is 0. The molecule has 1 aliphatic rings. The van der Waals surface area contributed by atoms with E-state index in [2.05, 4.69) is 66.4 Å². The third-order valence-electron chi connectivity index (χ3n) is 4.89. The molecular weight excluding hydrogens is 296 g/mol. The molecule has 1 heterocycles. The standard InChI is InChI=1S/C21H28N2O/c1-17-6-5-9-20(16-17)24-21(18-7-3-2-4-8-18)19-10-13-23(14-11-19)15-12-22/h2-9,16,19,21H,10-15,22H2,1H3. The lowest BCUT2D eigenvalue weighted by Crippen LogP contribution is -2.39. The Hall–Kier alpha value is -1.84. The molecule has 1 saturated heterocycles. The molecule has 0 spiro atoms. The normalized spacial score (nSPS) is 17.6. The molecule has 0 saturated carbocycles. The number of nitrogens with two attached hydrogens (primary N) is 1. The van der Waals surface area contributed by atoms with Gasteiger partial charge in [-0.1, -0.05) is 42.5 Å². The third kappa shape index (κ3) is 4.37. The van der Waals surface area contributed by atoms with Crippen molar-refractivity contribution in [2.45, 2.75) is 25.9 Å². The van der Waals surface area contributed by atoms with Gasteiger partial charge in [-0.3, -0.25) is 0 Å². The minimum atomic E-state index is 0.119. The van der Waals surface area contributed by atoms with Crippen molar-refractivity contribution < 1.29 is 4.74 Å². The average molecular weight is 324 g/mol. The molecule has 1 aliphatic heterocycles. The predicted octanol–water partition coefficient (Wildman–Crippen LogP) is 3.79. The van der Waals surface area contributed by atoms with Crippen LogP contribution in [0.25, 0.3) is 0 Å². The summed E-state index contributed by atoms with van der Waals surface area (Å²) >= 11 is 0. The summed E-state index contributed by atoms with van der Waals surface area (Å²) in [7, 11) is 0. The van der Waals surface area contributed by atoms with E-state index in [0.717, 1.165) is 44.8 Å². The summed E-state index contributed by atoms with van der Waals surface area (Å²) in [6, 6.07) is 19.0. The van der Waals surface area contributed by atoms with Crippen LogP contribution in [0.2, 0.25) is 0 Å². The first-order valence-electron chi connectivity index (χ1n) is 8.97. The fourth-order valence-electron chi connectivity index (χ4n) is 3.58. The van der Waals surface area contributed by atoms with Crippen molar-refractivity contribution in [3.63, 3.8) is 0 Å². The van der Waals surface area contributed by atoms with E-state index in [1.165, 1.54) is 11.1 Å². The molecule has 2 aromatic rings. The topological polar surface area (TPSA) is 38.5 Å². The summed E-state index contributed by atoms with van der Waals surface area (Å²) in [6.45, 7) is 6.08. The van der Waals surface area contributed by atoms with Crippen LogP contribution in [0.5, 0.6) is 5.75 Å². The molecule has 0 amide bonds. The number of piperidine rings is 1. The van der Waals surface area contributed by atoms with E-state index in [1.54, 1.807) is 0 Å². The van der Waals surface area contributed by atoms with E-state index in [9.17, 15) is 0 Å². The van der Waals surface area contributed by atoms with E-state index in [4.69, 9.17) is 10.5 Å². The van der Waals surface area contributed by atoms with Gasteiger partial charge in [0, 0.05) is 19.0 Å². The van der Waals surface area contributed by atoms with Crippen LogP contribution in [0.3, 0.4) is 0 Å². The molecule has 0 aromatic heterocycles. The summed E-state index contributed by atoms with van der Waals surface area (Å²) in [4.78, 5) is 2.46. The summed E-state index contributed by atoms with van der Waals surface area (Å²) in [5.41, 5.74) is 8.20. The van der Waals surface area contributed by atoms with Gasteiger partial charge in [-0.2, -0.15) is 0 Å². The van der Waals surface area contributed by atoms with Crippen LogP contribution in [0.15, 0.2) is 54.6 Å². The van der Waals surface area contributed by atoms with E-state index < -0.39 is 0 Å². The van der Waals surface area contributed by atoms with Gasteiger partial charge >= 0.3 is 0 Å². The molecule has 1 atom stereocenters. The molecule has 3 heteroatoms. The number of likely N-dealkylation sites (tertiary alicyclic amines) is 1. The lowest BCUT2D eigenvalue weighted by molar-refractivity contribution is 0.0775. The highest BCUT2D eigenvalue weighted by Gasteiger charge is 2.29. The maximum atomic E-state index is 6.47. The zero-order valence-electron chi connectivity index (χ0n) is 14.5.